The van der Waals surface area contributed by atoms with Crippen LogP contribution in [-0.4, -0.2) is 16.2 Å². The van der Waals surface area contributed by atoms with E-state index in [1.165, 1.54) is 0 Å². The third-order valence-corrected chi connectivity index (χ3v) is 2.17. The highest BCUT2D eigenvalue weighted by atomic mass is 79.9. The van der Waals surface area contributed by atoms with Gasteiger partial charge in [-0.3, -0.25) is 4.79 Å². The molecule has 0 bridgehead atoms. The highest BCUT2D eigenvalue weighted by Crippen LogP contribution is 2.31. The molecule has 0 radical (unpaired) electrons. The fourth-order valence-corrected chi connectivity index (χ4v) is 1.31. The Hall–Kier alpha value is -1.17. The minimum absolute atomic E-state index is 0.151. The Labute approximate surface area is 86.1 Å². The molecule has 0 aliphatic heterocycles. The molecule has 0 spiro atoms. The van der Waals surface area contributed by atoms with Crippen LogP contribution in [0, 0.1) is 11.6 Å². The summed E-state index contributed by atoms with van der Waals surface area (Å²) in [6, 6.07) is 0.816. The molecule has 6 heteroatoms. The van der Waals surface area contributed by atoms with E-state index >= 15 is 0 Å². The summed E-state index contributed by atoms with van der Waals surface area (Å²) in [6.45, 7) is 0. The van der Waals surface area contributed by atoms with Crippen LogP contribution in [-0.2, 0) is 11.2 Å². The second kappa shape index (κ2) is 3.91. The van der Waals surface area contributed by atoms with Gasteiger partial charge in [-0.2, -0.15) is 0 Å². The van der Waals surface area contributed by atoms with E-state index in [0.29, 0.717) is 0 Å². The van der Waals surface area contributed by atoms with E-state index < -0.39 is 35.3 Å². The number of carboxylic acids is 1. The maximum atomic E-state index is 13.1. The first-order valence-corrected chi connectivity index (χ1v) is 4.30. The standard InChI is InChI=1S/C8H5BrF2O3/c9-4-2-5(10)3(1-6(12)13)7(11)8(4)14/h2,14H,1H2,(H,12,13). The summed E-state index contributed by atoms with van der Waals surface area (Å²) in [6.07, 6.45) is -0.807. The Balaban J connectivity index is 3.29. The van der Waals surface area contributed by atoms with Crippen LogP contribution < -0.4 is 0 Å². The number of carbonyl (C=O) groups is 1. The summed E-state index contributed by atoms with van der Waals surface area (Å²) in [5, 5.41) is 17.4. The van der Waals surface area contributed by atoms with Gasteiger partial charge in [0.1, 0.15) is 5.82 Å². The summed E-state index contributed by atoms with van der Waals surface area (Å²) in [5.74, 6) is -4.42. The molecule has 0 aliphatic carbocycles. The molecule has 1 rings (SSSR count). The van der Waals surface area contributed by atoms with Gasteiger partial charge in [0.2, 0.25) is 0 Å². The first-order valence-electron chi connectivity index (χ1n) is 3.50. The van der Waals surface area contributed by atoms with Crippen molar-refractivity contribution in [1.29, 1.82) is 0 Å². The first kappa shape index (κ1) is 10.9. The summed E-state index contributed by atoms with van der Waals surface area (Å²) in [5.41, 5.74) is -0.654. The number of halogens is 3. The van der Waals surface area contributed by atoms with Gasteiger partial charge < -0.3 is 10.2 Å². The van der Waals surface area contributed by atoms with Crippen LogP contribution in [0.4, 0.5) is 8.78 Å². The molecule has 0 saturated heterocycles. The van der Waals surface area contributed by atoms with Crippen molar-refractivity contribution in [3.8, 4) is 5.75 Å². The van der Waals surface area contributed by atoms with Crippen LogP contribution in [0.3, 0.4) is 0 Å². The van der Waals surface area contributed by atoms with E-state index in [1.54, 1.807) is 0 Å². The topological polar surface area (TPSA) is 57.5 Å². The van der Waals surface area contributed by atoms with Crippen LogP contribution in [0.15, 0.2) is 10.5 Å². The number of hydrogen-bond donors (Lipinski definition) is 2. The fraction of sp³-hybridized carbons (Fsp3) is 0.125. The number of rotatable bonds is 2. The van der Waals surface area contributed by atoms with Crippen molar-refractivity contribution in [2.75, 3.05) is 0 Å². The summed E-state index contributed by atoms with van der Waals surface area (Å²) < 4.78 is 26.0. The highest BCUT2D eigenvalue weighted by molar-refractivity contribution is 9.10. The molecular formula is C8H5BrF2O3. The second-order valence-electron chi connectivity index (χ2n) is 2.55. The quantitative estimate of drug-likeness (QED) is 0.862. The predicted molar refractivity (Wildman–Crippen MR) is 47.1 cm³/mol. The average Bonchev–Trinajstić information content (AvgIpc) is 2.09. The number of benzene rings is 1. The lowest BCUT2D eigenvalue weighted by atomic mass is 10.1. The van der Waals surface area contributed by atoms with E-state index in [-0.39, 0.29) is 4.47 Å². The zero-order chi connectivity index (χ0) is 10.9. The van der Waals surface area contributed by atoms with Gasteiger partial charge in [0.25, 0.3) is 0 Å². The number of carboxylic acid groups (broad SMARTS) is 1. The molecular weight excluding hydrogens is 262 g/mol. The summed E-state index contributed by atoms with van der Waals surface area (Å²) >= 11 is 2.72. The molecule has 0 atom stereocenters. The van der Waals surface area contributed by atoms with Crippen LogP contribution >= 0.6 is 15.9 Å². The number of aliphatic carboxylic acids is 1. The van der Waals surface area contributed by atoms with Crippen molar-refractivity contribution in [3.63, 3.8) is 0 Å². The zero-order valence-electron chi connectivity index (χ0n) is 6.72. The van der Waals surface area contributed by atoms with E-state index in [2.05, 4.69) is 15.9 Å². The minimum Gasteiger partial charge on any atom is -0.504 e. The van der Waals surface area contributed by atoms with Gasteiger partial charge in [0.15, 0.2) is 11.6 Å². The Kier molecular flexibility index (Phi) is 3.05. The molecule has 14 heavy (non-hydrogen) atoms. The van der Waals surface area contributed by atoms with Gasteiger partial charge in [-0.15, -0.1) is 0 Å². The maximum Gasteiger partial charge on any atom is 0.308 e. The molecule has 1 aromatic carbocycles. The third-order valence-electron chi connectivity index (χ3n) is 1.57. The molecule has 0 aromatic heterocycles. The van der Waals surface area contributed by atoms with Crippen molar-refractivity contribution in [2.24, 2.45) is 0 Å². The molecule has 3 nitrogen and oxygen atoms in total. The van der Waals surface area contributed by atoms with Gasteiger partial charge in [0, 0.05) is 5.56 Å². The molecule has 0 saturated carbocycles. The molecule has 0 aliphatic rings. The van der Waals surface area contributed by atoms with E-state index in [1.807, 2.05) is 0 Å². The molecule has 0 unspecified atom stereocenters. The number of aromatic hydroxyl groups is 1. The minimum atomic E-state index is -1.37. The van der Waals surface area contributed by atoms with Gasteiger partial charge in [-0.1, -0.05) is 0 Å². The third kappa shape index (κ3) is 2.01. The van der Waals surface area contributed by atoms with Gasteiger partial charge in [0.05, 0.1) is 10.9 Å². The lowest BCUT2D eigenvalue weighted by molar-refractivity contribution is -0.136. The van der Waals surface area contributed by atoms with Gasteiger partial charge in [-0.25, -0.2) is 8.78 Å². The van der Waals surface area contributed by atoms with E-state index in [4.69, 9.17) is 10.2 Å². The van der Waals surface area contributed by atoms with Crippen molar-refractivity contribution >= 4 is 21.9 Å². The maximum absolute atomic E-state index is 13.1. The summed E-state index contributed by atoms with van der Waals surface area (Å²) in [7, 11) is 0. The Morgan fingerprint density at radius 2 is 2.07 bits per heavy atom. The zero-order valence-corrected chi connectivity index (χ0v) is 8.31. The Bertz CT molecular complexity index is 393. The SMILES string of the molecule is O=C(O)Cc1c(F)cc(Br)c(O)c1F. The van der Waals surface area contributed by atoms with Crippen LogP contribution in [0.25, 0.3) is 0 Å². The average molecular weight is 267 g/mol. The highest BCUT2D eigenvalue weighted by Gasteiger charge is 2.18. The normalized spacial score (nSPS) is 10.2. The van der Waals surface area contributed by atoms with E-state index in [9.17, 15) is 13.6 Å². The smallest absolute Gasteiger partial charge is 0.308 e. The lowest BCUT2D eigenvalue weighted by Crippen LogP contribution is -2.05. The fourth-order valence-electron chi connectivity index (χ4n) is 0.933. The molecule has 0 fully saturated rings. The van der Waals surface area contributed by atoms with Crippen LogP contribution in [0.2, 0.25) is 0 Å². The molecule has 76 valence electrons. The van der Waals surface area contributed by atoms with Crippen LogP contribution in [0.1, 0.15) is 5.56 Å². The molecule has 0 amide bonds. The summed E-state index contributed by atoms with van der Waals surface area (Å²) in [4.78, 5) is 10.2. The number of phenolic OH excluding ortho intramolecular Hbond substituents is 1. The van der Waals surface area contributed by atoms with Gasteiger partial charge in [-0.05, 0) is 22.0 Å². The number of phenols is 1. The monoisotopic (exact) mass is 266 g/mol. The van der Waals surface area contributed by atoms with Crippen molar-refractivity contribution in [2.45, 2.75) is 6.42 Å². The molecule has 2 N–H and O–H groups in total. The predicted octanol–water partition coefficient (Wildman–Crippen LogP) is 2.06. The molecule has 0 heterocycles. The first-order chi connectivity index (χ1) is 6.43. The number of hydrogen-bond acceptors (Lipinski definition) is 2. The largest absolute Gasteiger partial charge is 0.504 e. The van der Waals surface area contributed by atoms with Gasteiger partial charge >= 0.3 is 5.97 Å². The lowest BCUT2D eigenvalue weighted by Gasteiger charge is -2.05. The second-order valence-corrected chi connectivity index (χ2v) is 3.41. The van der Waals surface area contributed by atoms with E-state index in [0.717, 1.165) is 6.07 Å². The molecule has 1 aromatic rings. The van der Waals surface area contributed by atoms with Crippen molar-refractivity contribution in [3.05, 3.63) is 27.7 Å². The van der Waals surface area contributed by atoms with Crippen LogP contribution in [0.5, 0.6) is 5.75 Å². The Morgan fingerprint density at radius 1 is 1.50 bits per heavy atom. The Morgan fingerprint density at radius 3 is 2.57 bits per heavy atom. The van der Waals surface area contributed by atoms with Crippen molar-refractivity contribution in [1.82, 2.24) is 0 Å². The van der Waals surface area contributed by atoms with Crippen molar-refractivity contribution < 1.29 is 23.8 Å².